The zero-order chi connectivity index (χ0) is 26.7. The van der Waals surface area contributed by atoms with Gasteiger partial charge in [0.2, 0.25) is 0 Å². The van der Waals surface area contributed by atoms with Crippen LogP contribution in [0.3, 0.4) is 0 Å². The van der Waals surface area contributed by atoms with Crippen molar-refractivity contribution in [3.8, 4) is 22.3 Å². The smallest absolute Gasteiger partial charge is 0.00139 e. The molecule has 0 heteroatoms. The van der Waals surface area contributed by atoms with Crippen molar-refractivity contribution >= 4 is 23.3 Å². The Balaban J connectivity index is 1.57. The summed E-state index contributed by atoms with van der Waals surface area (Å²) in [6, 6.07) is 56.3. The summed E-state index contributed by atoms with van der Waals surface area (Å²) in [5.41, 5.74) is 15.0. The van der Waals surface area contributed by atoms with Crippen molar-refractivity contribution in [1.82, 2.24) is 0 Å². The van der Waals surface area contributed by atoms with E-state index in [-0.39, 0.29) is 0 Å². The molecule has 0 saturated heterocycles. The van der Waals surface area contributed by atoms with Crippen LogP contribution in [0.1, 0.15) is 33.4 Å². The van der Waals surface area contributed by atoms with Gasteiger partial charge in [-0.25, -0.2) is 0 Å². The van der Waals surface area contributed by atoms with Crippen molar-refractivity contribution in [1.29, 1.82) is 0 Å². The quantitative estimate of drug-likeness (QED) is 0.196. The SMILES string of the molecule is C(=C(\c1ccccc1)c1ccc2c(c1/C(=C\c1ccccc1)c1ccccc1)-c1ccccc1-2)/c1ccccc1. The first kappa shape index (κ1) is 23.9. The van der Waals surface area contributed by atoms with Gasteiger partial charge in [0.1, 0.15) is 0 Å². The molecule has 40 heavy (non-hydrogen) atoms. The Morgan fingerprint density at radius 3 is 1.38 bits per heavy atom. The van der Waals surface area contributed by atoms with Gasteiger partial charge >= 0.3 is 0 Å². The minimum Gasteiger partial charge on any atom is -0.0622 e. The molecular weight excluding hydrogens is 480 g/mol. The van der Waals surface area contributed by atoms with E-state index in [1.165, 1.54) is 66.8 Å². The second-order valence-electron chi connectivity index (χ2n) is 10.1. The molecule has 0 amide bonds. The van der Waals surface area contributed by atoms with Crippen molar-refractivity contribution in [3.05, 3.63) is 191 Å². The maximum absolute atomic E-state index is 2.35. The molecule has 0 nitrogen and oxygen atoms in total. The second-order valence-corrected chi connectivity index (χ2v) is 10.1. The average Bonchev–Trinajstić information content (AvgIpc) is 3.03. The van der Waals surface area contributed by atoms with E-state index in [1.54, 1.807) is 0 Å². The van der Waals surface area contributed by atoms with E-state index in [2.05, 4.69) is 170 Å². The largest absolute Gasteiger partial charge is 0.0622 e. The number of hydrogen-bond acceptors (Lipinski definition) is 0. The molecule has 188 valence electrons. The van der Waals surface area contributed by atoms with Crippen LogP contribution in [-0.2, 0) is 0 Å². The molecule has 1 aliphatic rings. The first-order valence-electron chi connectivity index (χ1n) is 13.8. The van der Waals surface area contributed by atoms with E-state index in [0.29, 0.717) is 0 Å². The van der Waals surface area contributed by atoms with Crippen molar-refractivity contribution in [3.63, 3.8) is 0 Å². The van der Waals surface area contributed by atoms with Gasteiger partial charge in [0.05, 0.1) is 0 Å². The van der Waals surface area contributed by atoms with Crippen LogP contribution in [0.25, 0.3) is 45.6 Å². The number of benzene rings is 6. The molecule has 0 unspecified atom stereocenters. The van der Waals surface area contributed by atoms with Crippen molar-refractivity contribution in [2.45, 2.75) is 0 Å². The van der Waals surface area contributed by atoms with Crippen LogP contribution in [0.15, 0.2) is 158 Å². The molecule has 0 bridgehead atoms. The fraction of sp³-hybridized carbons (Fsp3) is 0. The predicted octanol–water partition coefficient (Wildman–Crippen LogP) is 10.5. The Morgan fingerprint density at radius 2 is 0.800 bits per heavy atom. The molecular formula is C40H28. The summed E-state index contributed by atoms with van der Waals surface area (Å²) >= 11 is 0. The fourth-order valence-electron chi connectivity index (χ4n) is 5.77. The van der Waals surface area contributed by atoms with Gasteiger partial charge in [-0.2, -0.15) is 0 Å². The monoisotopic (exact) mass is 508 g/mol. The van der Waals surface area contributed by atoms with Gasteiger partial charge in [0.25, 0.3) is 0 Å². The molecule has 0 saturated carbocycles. The molecule has 0 N–H and O–H groups in total. The standard InChI is InChI=1S/C40H28/c1-5-15-29(16-6-1)27-37(31-19-9-3-10-20-31)36-26-25-35-33-23-13-14-24-34(33)39(35)40(36)38(32-21-11-4-12-22-32)28-30-17-7-2-8-18-30/h1-28H/b37-27-,38-28-. The van der Waals surface area contributed by atoms with Crippen LogP contribution in [0.4, 0.5) is 0 Å². The molecule has 7 rings (SSSR count). The first-order valence-corrected chi connectivity index (χ1v) is 13.8. The third kappa shape index (κ3) is 4.40. The highest BCUT2D eigenvalue weighted by Crippen LogP contribution is 2.53. The lowest BCUT2D eigenvalue weighted by atomic mass is 9.72. The Hall–Kier alpha value is -5.20. The molecule has 6 aromatic rings. The van der Waals surface area contributed by atoms with E-state index in [9.17, 15) is 0 Å². The van der Waals surface area contributed by atoms with E-state index < -0.39 is 0 Å². The zero-order valence-electron chi connectivity index (χ0n) is 22.2. The van der Waals surface area contributed by atoms with Crippen molar-refractivity contribution in [2.75, 3.05) is 0 Å². The average molecular weight is 509 g/mol. The lowest BCUT2D eigenvalue weighted by Crippen LogP contribution is -2.07. The highest BCUT2D eigenvalue weighted by Gasteiger charge is 2.29. The van der Waals surface area contributed by atoms with Gasteiger partial charge in [-0.1, -0.05) is 158 Å². The van der Waals surface area contributed by atoms with Crippen LogP contribution in [-0.4, -0.2) is 0 Å². The summed E-state index contributed by atoms with van der Waals surface area (Å²) in [7, 11) is 0. The number of rotatable bonds is 6. The Bertz CT molecular complexity index is 1840. The lowest BCUT2D eigenvalue weighted by Gasteiger charge is -2.31. The molecule has 0 spiro atoms. The second kappa shape index (κ2) is 10.5. The van der Waals surface area contributed by atoms with Gasteiger partial charge < -0.3 is 0 Å². The molecule has 1 aliphatic carbocycles. The van der Waals surface area contributed by atoms with Crippen LogP contribution < -0.4 is 0 Å². The van der Waals surface area contributed by atoms with Crippen molar-refractivity contribution in [2.24, 2.45) is 0 Å². The minimum absolute atomic E-state index is 1.18. The lowest BCUT2D eigenvalue weighted by molar-refractivity contribution is 1.44. The summed E-state index contributed by atoms with van der Waals surface area (Å²) < 4.78 is 0. The van der Waals surface area contributed by atoms with Gasteiger partial charge in [0.15, 0.2) is 0 Å². The fourth-order valence-corrected chi connectivity index (χ4v) is 5.77. The summed E-state index contributed by atoms with van der Waals surface area (Å²) in [5, 5.41) is 0. The molecule has 0 radical (unpaired) electrons. The Morgan fingerprint density at radius 1 is 0.350 bits per heavy atom. The summed E-state index contributed by atoms with van der Waals surface area (Å²) in [5.74, 6) is 0. The molecule has 0 aromatic heterocycles. The summed E-state index contributed by atoms with van der Waals surface area (Å²) in [4.78, 5) is 0. The van der Waals surface area contributed by atoms with Crippen molar-refractivity contribution < 1.29 is 0 Å². The van der Waals surface area contributed by atoms with Gasteiger partial charge in [-0.3, -0.25) is 0 Å². The predicted molar refractivity (Wildman–Crippen MR) is 171 cm³/mol. The highest BCUT2D eigenvalue weighted by molar-refractivity contribution is 6.13. The van der Waals surface area contributed by atoms with Crippen LogP contribution in [0, 0.1) is 0 Å². The van der Waals surface area contributed by atoms with E-state index in [0.717, 1.165) is 0 Å². The third-order valence-electron chi connectivity index (χ3n) is 7.64. The maximum atomic E-state index is 2.35. The summed E-state index contributed by atoms with van der Waals surface area (Å²) in [6.45, 7) is 0. The van der Waals surface area contributed by atoms with Gasteiger partial charge in [-0.15, -0.1) is 0 Å². The number of fused-ring (bicyclic) bond motifs is 4. The molecule has 0 heterocycles. The van der Waals surface area contributed by atoms with Crippen LogP contribution >= 0.6 is 0 Å². The maximum Gasteiger partial charge on any atom is -0.00139 e. The molecule has 0 aliphatic heterocycles. The Kier molecular flexibility index (Phi) is 6.28. The van der Waals surface area contributed by atoms with Gasteiger partial charge in [-0.05, 0) is 78.9 Å². The third-order valence-corrected chi connectivity index (χ3v) is 7.64. The van der Waals surface area contributed by atoms with E-state index in [1.807, 2.05) is 0 Å². The summed E-state index contributed by atoms with van der Waals surface area (Å²) in [6.07, 6.45) is 4.68. The van der Waals surface area contributed by atoms with E-state index >= 15 is 0 Å². The first-order chi connectivity index (χ1) is 19.9. The normalized spacial score (nSPS) is 12.3. The molecule has 0 fully saturated rings. The Labute approximate surface area is 236 Å². The van der Waals surface area contributed by atoms with Crippen LogP contribution in [0.5, 0.6) is 0 Å². The van der Waals surface area contributed by atoms with E-state index in [4.69, 9.17) is 0 Å². The minimum atomic E-state index is 1.18. The molecule has 6 aromatic carbocycles. The number of hydrogen-bond donors (Lipinski definition) is 0. The molecule has 0 atom stereocenters. The van der Waals surface area contributed by atoms with Crippen LogP contribution in [0.2, 0.25) is 0 Å². The zero-order valence-corrected chi connectivity index (χ0v) is 22.2. The topological polar surface area (TPSA) is 0 Å². The highest BCUT2D eigenvalue weighted by atomic mass is 14.3. The van der Waals surface area contributed by atoms with Gasteiger partial charge in [0, 0.05) is 0 Å².